The predicted molar refractivity (Wildman–Crippen MR) is 113 cm³/mol. The third kappa shape index (κ3) is 7.00. The van der Waals surface area contributed by atoms with Gasteiger partial charge in [-0.1, -0.05) is 77.3 Å². The van der Waals surface area contributed by atoms with Crippen LogP contribution >= 0.6 is 47.0 Å². The summed E-state index contributed by atoms with van der Waals surface area (Å²) in [6, 6.07) is 16.9. The minimum Gasteiger partial charge on any atom is -0.339 e. The average molecular weight is 431 g/mol. The van der Waals surface area contributed by atoms with Crippen LogP contribution in [0.2, 0.25) is 0 Å². The van der Waals surface area contributed by atoms with Gasteiger partial charge in [0.05, 0.1) is 6.42 Å². The standard InChI is InChI=1S/C18H18Cl3N3OS/c1-12-6-5-9-14(10-12)22-17(26)24-16(18(19,20)21)23-15(25)11-13-7-3-2-4-8-13/h2-10,16H,11H2,1H3,(H,23,25)(H2,22,24,26). The Labute approximate surface area is 173 Å². The summed E-state index contributed by atoms with van der Waals surface area (Å²) in [5, 5.41) is 8.72. The number of nitrogens with one attached hydrogen (secondary N) is 3. The molecule has 2 aromatic rings. The Balaban J connectivity index is 1.98. The van der Waals surface area contributed by atoms with Crippen molar-refractivity contribution in [3.63, 3.8) is 0 Å². The van der Waals surface area contributed by atoms with E-state index in [4.69, 9.17) is 47.0 Å². The SMILES string of the molecule is Cc1cccc(NC(=S)NC(NC(=O)Cc2ccccc2)C(Cl)(Cl)Cl)c1. The van der Waals surface area contributed by atoms with Crippen molar-refractivity contribution < 1.29 is 4.79 Å². The molecule has 0 saturated heterocycles. The van der Waals surface area contributed by atoms with E-state index >= 15 is 0 Å². The highest BCUT2D eigenvalue weighted by Gasteiger charge is 2.34. The largest absolute Gasteiger partial charge is 0.339 e. The van der Waals surface area contributed by atoms with Gasteiger partial charge in [-0.15, -0.1) is 0 Å². The number of alkyl halides is 3. The third-order valence-electron chi connectivity index (χ3n) is 3.39. The van der Waals surface area contributed by atoms with Crippen LogP contribution in [-0.2, 0) is 11.2 Å². The number of hydrogen-bond donors (Lipinski definition) is 3. The molecule has 138 valence electrons. The van der Waals surface area contributed by atoms with E-state index in [0.29, 0.717) is 0 Å². The van der Waals surface area contributed by atoms with Crippen LogP contribution in [0.5, 0.6) is 0 Å². The van der Waals surface area contributed by atoms with Crippen molar-refractivity contribution in [2.45, 2.75) is 23.3 Å². The van der Waals surface area contributed by atoms with Crippen molar-refractivity contribution >= 4 is 63.7 Å². The lowest BCUT2D eigenvalue weighted by atomic mass is 10.1. The van der Waals surface area contributed by atoms with Crippen molar-refractivity contribution in [3.05, 3.63) is 65.7 Å². The number of thiocarbonyl (C=S) groups is 1. The van der Waals surface area contributed by atoms with Crippen LogP contribution in [0.25, 0.3) is 0 Å². The van der Waals surface area contributed by atoms with E-state index in [1.54, 1.807) is 0 Å². The van der Waals surface area contributed by atoms with E-state index in [2.05, 4.69) is 16.0 Å². The second-order valence-corrected chi connectivity index (χ2v) is 8.45. The van der Waals surface area contributed by atoms with Gasteiger partial charge in [-0.2, -0.15) is 0 Å². The first-order valence-corrected chi connectivity index (χ1v) is 9.32. The van der Waals surface area contributed by atoms with Crippen LogP contribution in [0.1, 0.15) is 11.1 Å². The number of anilines is 1. The van der Waals surface area contributed by atoms with Crippen LogP contribution < -0.4 is 16.0 Å². The van der Waals surface area contributed by atoms with E-state index in [0.717, 1.165) is 16.8 Å². The molecule has 0 fully saturated rings. The number of halogens is 3. The number of carbonyl (C=O) groups is 1. The van der Waals surface area contributed by atoms with Crippen molar-refractivity contribution in [2.24, 2.45) is 0 Å². The summed E-state index contributed by atoms with van der Waals surface area (Å²) in [6.45, 7) is 1.97. The molecule has 26 heavy (non-hydrogen) atoms. The van der Waals surface area contributed by atoms with E-state index in [1.165, 1.54) is 0 Å². The molecule has 0 radical (unpaired) electrons. The van der Waals surface area contributed by atoms with Crippen molar-refractivity contribution in [1.82, 2.24) is 10.6 Å². The fraction of sp³-hybridized carbons (Fsp3) is 0.222. The van der Waals surface area contributed by atoms with E-state index in [1.807, 2.05) is 61.5 Å². The van der Waals surface area contributed by atoms with Gasteiger partial charge in [0.25, 0.3) is 0 Å². The summed E-state index contributed by atoms with van der Waals surface area (Å²) in [5.41, 5.74) is 2.72. The quantitative estimate of drug-likeness (QED) is 0.375. The van der Waals surface area contributed by atoms with Crippen molar-refractivity contribution in [3.8, 4) is 0 Å². The maximum atomic E-state index is 12.3. The average Bonchev–Trinajstić information content (AvgIpc) is 2.54. The predicted octanol–water partition coefficient (Wildman–Crippen LogP) is 4.34. The Hall–Kier alpha value is -1.53. The van der Waals surface area contributed by atoms with Gasteiger partial charge in [-0.05, 0) is 42.4 Å². The minimum absolute atomic E-state index is 0.165. The smallest absolute Gasteiger partial charge is 0.228 e. The summed E-state index contributed by atoms with van der Waals surface area (Å²) in [7, 11) is 0. The first-order valence-electron chi connectivity index (χ1n) is 7.78. The van der Waals surface area contributed by atoms with Crippen LogP contribution in [0.15, 0.2) is 54.6 Å². The highest BCUT2D eigenvalue weighted by atomic mass is 35.6. The van der Waals surface area contributed by atoms with Crippen molar-refractivity contribution in [1.29, 1.82) is 0 Å². The molecule has 1 amide bonds. The second kappa shape index (κ2) is 9.42. The maximum absolute atomic E-state index is 12.3. The summed E-state index contributed by atoms with van der Waals surface area (Å²) in [6.07, 6.45) is -0.828. The zero-order valence-corrected chi connectivity index (χ0v) is 17.0. The summed E-state index contributed by atoms with van der Waals surface area (Å²) in [5.74, 6) is -0.293. The molecular formula is C18H18Cl3N3OS. The van der Waals surface area contributed by atoms with Gasteiger partial charge in [0.1, 0.15) is 6.17 Å². The van der Waals surface area contributed by atoms with Gasteiger partial charge in [-0.25, -0.2) is 0 Å². The second-order valence-electron chi connectivity index (χ2n) is 5.67. The molecule has 0 heterocycles. The number of carbonyl (C=O) groups excluding carboxylic acids is 1. The van der Waals surface area contributed by atoms with E-state index in [9.17, 15) is 4.79 Å². The normalized spacial score (nSPS) is 12.2. The molecule has 0 aliphatic rings. The zero-order chi connectivity index (χ0) is 19.2. The van der Waals surface area contributed by atoms with Crippen molar-refractivity contribution in [2.75, 3.05) is 5.32 Å². The molecule has 0 aliphatic carbocycles. The molecule has 2 rings (SSSR count). The molecule has 0 spiro atoms. The zero-order valence-electron chi connectivity index (χ0n) is 13.9. The van der Waals surface area contributed by atoms with Crippen LogP contribution in [0, 0.1) is 6.92 Å². The molecule has 4 nitrogen and oxygen atoms in total. The van der Waals surface area contributed by atoms with Crippen LogP contribution in [-0.4, -0.2) is 21.0 Å². The maximum Gasteiger partial charge on any atom is 0.228 e. The number of amides is 1. The fourth-order valence-corrected chi connectivity index (χ4v) is 2.78. The lowest BCUT2D eigenvalue weighted by molar-refractivity contribution is -0.121. The number of benzene rings is 2. The first kappa shape index (κ1) is 20.8. The highest BCUT2D eigenvalue weighted by Crippen LogP contribution is 2.29. The van der Waals surface area contributed by atoms with Gasteiger partial charge in [0.15, 0.2) is 5.11 Å². The van der Waals surface area contributed by atoms with Crippen LogP contribution in [0.4, 0.5) is 5.69 Å². The fourth-order valence-electron chi connectivity index (χ4n) is 2.21. The van der Waals surface area contributed by atoms with Gasteiger partial charge >= 0.3 is 0 Å². The molecule has 1 atom stereocenters. The highest BCUT2D eigenvalue weighted by molar-refractivity contribution is 7.80. The third-order valence-corrected chi connectivity index (χ3v) is 4.27. The number of hydrogen-bond acceptors (Lipinski definition) is 2. The molecular weight excluding hydrogens is 413 g/mol. The lowest BCUT2D eigenvalue weighted by Gasteiger charge is -2.27. The monoisotopic (exact) mass is 429 g/mol. The molecule has 0 aromatic heterocycles. The van der Waals surface area contributed by atoms with E-state index in [-0.39, 0.29) is 17.4 Å². The Morgan fingerprint density at radius 3 is 2.38 bits per heavy atom. The first-order chi connectivity index (χ1) is 12.2. The Morgan fingerprint density at radius 1 is 1.08 bits per heavy atom. The molecule has 3 N–H and O–H groups in total. The van der Waals surface area contributed by atoms with Gasteiger partial charge in [0, 0.05) is 5.69 Å². The molecule has 2 aromatic carbocycles. The topological polar surface area (TPSA) is 53.2 Å². The molecule has 1 unspecified atom stereocenters. The summed E-state index contributed by atoms with van der Waals surface area (Å²) >= 11 is 23.2. The van der Waals surface area contributed by atoms with Crippen LogP contribution in [0.3, 0.4) is 0 Å². The minimum atomic E-state index is -1.79. The van der Waals surface area contributed by atoms with Gasteiger partial charge in [0.2, 0.25) is 9.70 Å². The van der Waals surface area contributed by atoms with Gasteiger partial charge in [-0.3, -0.25) is 4.79 Å². The summed E-state index contributed by atoms with van der Waals surface area (Å²) < 4.78 is -1.79. The molecule has 8 heteroatoms. The number of rotatable bonds is 5. The molecule has 0 aliphatic heterocycles. The Kier molecular flexibility index (Phi) is 7.53. The lowest BCUT2D eigenvalue weighted by Crippen LogP contribution is -2.56. The Morgan fingerprint density at radius 2 is 1.77 bits per heavy atom. The van der Waals surface area contributed by atoms with E-state index < -0.39 is 9.96 Å². The Bertz CT molecular complexity index is 766. The number of aryl methyl sites for hydroxylation is 1. The molecule has 0 saturated carbocycles. The summed E-state index contributed by atoms with van der Waals surface area (Å²) in [4.78, 5) is 12.3. The van der Waals surface area contributed by atoms with Gasteiger partial charge < -0.3 is 16.0 Å². The molecule has 0 bridgehead atoms.